The molecule has 1 fully saturated rings. The highest BCUT2D eigenvalue weighted by atomic mass is 19.4. The van der Waals surface area contributed by atoms with Gasteiger partial charge in [0.2, 0.25) is 0 Å². The highest BCUT2D eigenvalue weighted by molar-refractivity contribution is 5.87. The molecule has 0 saturated carbocycles. The van der Waals surface area contributed by atoms with E-state index in [1.807, 2.05) is 0 Å². The van der Waals surface area contributed by atoms with Crippen molar-refractivity contribution < 1.29 is 42.1 Å². The Labute approximate surface area is 212 Å². The molecule has 2 aromatic rings. The number of likely N-dealkylation sites (tertiary alicyclic amines) is 1. The van der Waals surface area contributed by atoms with Crippen LogP contribution in [0.15, 0.2) is 24.3 Å². The Morgan fingerprint density at radius 1 is 1.16 bits per heavy atom. The van der Waals surface area contributed by atoms with Gasteiger partial charge in [-0.05, 0) is 59.1 Å². The molecular formula is C26H31F3N2O6. The van der Waals surface area contributed by atoms with Crippen LogP contribution in [0, 0.1) is 6.92 Å². The number of aromatic nitrogens is 1. The number of hydrogen-bond acceptors (Lipinski definition) is 6. The number of amides is 1. The molecule has 1 aromatic carbocycles. The third-order valence-electron chi connectivity index (χ3n) is 5.94. The predicted molar refractivity (Wildman–Crippen MR) is 128 cm³/mol. The predicted octanol–water partition coefficient (Wildman–Crippen LogP) is 5.80. The zero-order valence-electron chi connectivity index (χ0n) is 21.2. The van der Waals surface area contributed by atoms with E-state index in [-0.39, 0.29) is 22.2 Å². The van der Waals surface area contributed by atoms with Gasteiger partial charge in [-0.3, -0.25) is 14.6 Å². The number of nitrogens with zero attached hydrogens (tertiary/aromatic N) is 2. The van der Waals surface area contributed by atoms with Gasteiger partial charge < -0.3 is 19.5 Å². The number of hydrogen-bond donors (Lipinski definition) is 1. The van der Waals surface area contributed by atoms with Crippen LogP contribution in [0.3, 0.4) is 0 Å². The van der Waals surface area contributed by atoms with E-state index >= 15 is 0 Å². The van der Waals surface area contributed by atoms with Crippen LogP contribution in [0.5, 0.6) is 0 Å². The van der Waals surface area contributed by atoms with Gasteiger partial charge in [0.1, 0.15) is 11.7 Å². The summed E-state index contributed by atoms with van der Waals surface area (Å²) in [6.45, 7) is 6.98. The number of aryl methyl sites for hydroxylation is 1. The molecule has 1 N–H and O–H groups in total. The average molecular weight is 525 g/mol. The van der Waals surface area contributed by atoms with E-state index in [4.69, 9.17) is 14.6 Å². The maximum atomic E-state index is 13.8. The van der Waals surface area contributed by atoms with E-state index in [0.29, 0.717) is 25.8 Å². The maximum Gasteiger partial charge on any atom is 0.418 e. The molecular weight excluding hydrogens is 493 g/mol. The van der Waals surface area contributed by atoms with Gasteiger partial charge in [0, 0.05) is 23.2 Å². The zero-order chi connectivity index (χ0) is 27.5. The van der Waals surface area contributed by atoms with Crippen LogP contribution in [0.25, 0.3) is 10.9 Å². The molecule has 1 aliphatic rings. The van der Waals surface area contributed by atoms with E-state index in [9.17, 15) is 27.6 Å². The number of rotatable bonds is 6. The fourth-order valence-corrected chi connectivity index (χ4v) is 4.45. The zero-order valence-corrected chi connectivity index (χ0v) is 21.2. The Balaban J connectivity index is 2.15. The monoisotopic (exact) mass is 524 g/mol. The van der Waals surface area contributed by atoms with Crippen LogP contribution in [0.4, 0.5) is 18.0 Å². The lowest BCUT2D eigenvalue weighted by atomic mass is 9.90. The van der Waals surface area contributed by atoms with E-state index < -0.39 is 60.4 Å². The van der Waals surface area contributed by atoms with Gasteiger partial charge in [0.25, 0.3) is 0 Å². The fourth-order valence-electron chi connectivity index (χ4n) is 4.45. The van der Waals surface area contributed by atoms with Crippen LogP contribution in [0.2, 0.25) is 0 Å². The van der Waals surface area contributed by atoms with Crippen LogP contribution in [0.1, 0.15) is 75.8 Å². The van der Waals surface area contributed by atoms with Crippen molar-refractivity contribution >= 4 is 28.9 Å². The minimum Gasteiger partial charge on any atom is -0.481 e. The first kappa shape index (κ1) is 28.2. The Hall–Kier alpha value is -3.37. The van der Waals surface area contributed by atoms with Gasteiger partial charge >= 0.3 is 24.2 Å². The van der Waals surface area contributed by atoms with Gasteiger partial charge in [-0.15, -0.1) is 0 Å². The lowest BCUT2D eigenvalue weighted by Gasteiger charge is -2.40. The molecule has 1 aliphatic heterocycles. The lowest BCUT2D eigenvalue weighted by molar-refractivity contribution is -0.156. The summed E-state index contributed by atoms with van der Waals surface area (Å²) in [5, 5.41) is 9.11. The Morgan fingerprint density at radius 2 is 1.86 bits per heavy atom. The van der Waals surface area contributed by atoms with Crippen molar-refractivity contribution in [1.82, 2.24) is 9.88 Å². The van der Waals surface area contributed by atoms with Crippen molar-refractivity contribution in [3.63, 3.8) is 0 Å². The molecule has 1 amide bonds. The number of ether oxygens (including phenoxy) is 2. The summed E-state index contributed by atoms with van der Waals surface area (Å²) < 4.78 is 52.7. The van der Waals surface area contributed by atoms with Crippen molar-refractivity contribution in [3.8, 4) is 0 Å². The number of carbonyl (C=O) groups is 3. The molecule has 11 heteroatoms. The Morgan fingerprint density at radius 3 is 2.49 bits per heavy atom. The Bertz CT molecular complexity index is 1180. The van der Waals surface area contributed by atoms with E-state index in [1.54, 1.807) is 26.8 Å². The van der Waals surface area contributed by atoms with E-state index in [0.717, 1.165) is 6.07 Å². The number of pyridine rings is 1. The molecule has 2 atom stereocenters. The molecule has 1 saturated heterocycles. The van der Waals surface area contributed by atoms with Crippen molar-refractivity contribution in [1.29, 1.82) is 0 Å². The number of carbonyl (C=O) groups excluding carboxylic acids is 2. The largest absolute Gasteiger partial charge is 0.481 e. The van der Waals surface area contributed by atoms with Crippen LogP contribution in [-0.4, -0.2) is 51.2 Å². The molecule has 1 aromatic heterocycles. The molecule has 3 rings (SSSR count). The molecule has 8 nitrogen and oxygen atoms in total. The number of piperidine rings is 1. The SMILES string of the molecule is Cc1cc(C(OC(=O)CCC(=O)O)C2CCCCN2C(=O)OC(C)(C)C)c2cccc(C(F)(F)F)c2n1. The molecule has 0 bridgehead atoms. The fraction of sp³-hybridized carbons (Fsp3) is 0.538. The summed E-state index contributed by atoms with van der Waals surface area (Å²) in [6.07, 6.45) is -5.61. The van der Waals surface area contributed by atoms with Crippen LogP contribution in [-0.2, 0) is 25.2 Å². The van der Waals surface area contributed by atoms with Gasteiger partial charge in [-0.2, -0.15) is 13.2 Å². The Kier molecular flexibility index (Phi) is 8.34. The normalized spacial score (nSPS) is 17.4. The van der Waals surface area contributed by atoms with Crippen molar-refractivity contribution in [3.05, 3.63) is 41.1 Å². The van der Waals surface area contributed by atoms with Crippen molar-refractivity contribution in [2.45, 2.75) is 83.7 Å². The average Bonchev–Trinajstić information content (AvgIpc) is 2.78. The van der Waals surface area contributed by atoms with Gasteiger partial charge in [-0.25, -0.2) is 4.79 Å². The minimum atomic E-state index is -4.67. The number of alkyl halides is 3. The number of para-hydroxylation sites is 1. The second-order valence-electron chi connectivity index (χ2n) is 10.1. The number of carboxylic acids is 1. The molecule has 0 radical (unpaired) electrons. The van der Waals surface area contributed by atoms with E-state index in [2.05, 4.69) is 4.98 Å². The highest BCUT2D eigenvalue weighted by Crippen LogP contribution is 2.40. The second-order valence-corrected chi connectivity index (χ2v) is 10.1. The number of halogens is 3. The summed E-state index contributed by atoms with van der Waals surface area (Å²) in [7, 11) is 0. The molecule has 202 valence electrons. The van der Waals surface area contributed by atoms with Crippen LogP contribution < -0.4 is 0 Å². The number of benzene rings is 1. The smallest absolute Gasteiger partial charge is 0.418 e. The quantitative estimate of drug-likeness (QED) is 0.476. The summed E-state index contributed by atoms with van der Waals surface area (Å²) in [5.74, 6) is -2.03. The highest BCUT2D eigenvalue weighted by Gasteiger charge is 2.40. The molecule has 0 aliphatic carbocycles. The summed E-state index contributed by atoms with van der Waals surface area (Å²) >= 11 is 0. The van der Waals surface area contributed by atoms with Gasteiger partial charge in [0.05, 0.1) is 30.0 Å². The van der Waals surface area contributed by atoms with Crippen LogP contribution >= 0.6 is 0 Å². The van der Waals surface area contributed by atoms with Gasteiger partial charge in [0.15, 0.2) is 0 Å². The topological polar surface area (TPSA) is 106 Å². The number of carboxylic acid groups (broad SMARTS) is 1. The van der Waals surface area contributed by atoms with Crippen molar-refractivity contribution in [2.75, 3.05) is 6.54 Å². The standard InChI is InChI=1S/C26H31F3N2O6/c1-15-14-17(16-8-7-9-18(22(16)30-15)26(27,28)29)23(36-21(34)12-11-20(32)33)19-10-5-6-13-31(19)24(35)37-25(2,3)4/h7-9,14,19,23H,5-6,10-13H2,1-4H3,(H,32,33). The van der Waals surface area contributed by atoms with Crippen molar-refractivity contribution in [2.24, 2.45) is 0 Å². The first-order valence-electron chi connectivity index (χ1n) is 12.1. The number of fused-ring (bicyclic) bond motifs is 1. The summed E-state index contributed by atoms with van der Waals surface area (Å²) in [5.41, 5.74) is -1.49. The first-order valence-corrected chi connectivity index (χ1v) is 12.1. The third-order valence-corrected chi connectivity index (χ3v) is 5.94. The van der Waals surface area contributed by atoms with E-state index in [1.165, 1.54) is 24.0 Å². The lowest BCUT2D eigenvalue weighted by Crippen LogP contribution is -2.49. The summed E-state index contributed by atoms with van der Waals surface area (Å²) in [4.78, 5) is 42.4. The molecule has 2 unspecified atom stereocenters. The maximum absolute atomic E-state index is 13.8. The second kappa shape index (κ2) is 10.9. The molecule has 0 spiro atoms. The van der Waals surface area contributed by atoms with Gasteiger partial charge in [-0.1, -0.05) is 12.1 Å². The molecule has 2 heterocycles. The number of esters is 1. The third kappa shape index (κ3) is 7.11. The summed E-state index contributed by atoms with van der Waals surface area (Å²) in [6, 6.07) is 4.45. The molecule has 37 heavy (non-hydrogen) atoms. The number of aliphatic carboxylic acids is 1. The minimum absolute atomic E-state index is 0.131. The first-order chi connectivity index (χ1) is 17.2.